The first kappa shape index (κ1) is 32.2. The van der Waals surface area contributed by atoms with Crippen molar-refractivity contribution in [3.05, 3.63) is 35.4 Å². The van der Waals surface area contributed by atoms with Gasteiger partial charge in [-0.15, -0.1) is 12.3 Å². The van der Waals surface area contributed by atoms with Gasteiger partial charge in [0, 0.05) is 23.8 Å². The van der Waals surface area contributed by atoms with E-state index in [1.165, 1.54) is 82.6 Å². The van der Waals surface area contributed by atoms with Crippen LogP contribution < -0.4 is 27.4 Å². The highest BCUT2D eigenvalue weighted by molar-refractivity contribution is 5.97. The monoisotopic (exact) mass is 601 g/mol. The van der Waals surface area contributed by atoms with E-state index < -0.39 is 5.66 Å². The predicted molar refractivity (Wildman–Crippen MR) is 179 cm³/mol. The molecule has 0 aromatic heterocycles. The van der Waals surface area contributed by atoms with Gasteiger partial charge in [0.2, 0.25) is 0 Å². The Morgan fingerprint density at radius 2 is 1.77 bits per heavy atom. The minimum absolute atomic E-state index is 0.000363. The fraction of sp³-hybridized carbons (Fsp3) is 0.763. The summed E-state index contributed by atoms with van der Waals surface area (Å²) in [6.07, 6.45) is 24.6. The van der Waals surface area contributed by atoms with Gasteiger partial charge < -0.3 is 16.8 Å². The third kappa shape index (κ3) is 6.69. The second-order valence-corrected chi connectivity index (χ2v) is 16.0. The van der Waals surface area contributed by atoms with Crippen molar-refractivity contribution < 1.29 is 4.79 Å². The smallest absolute Gasteiger partial charge is 0.165 e. The highest BCUT2D eigenvalue weighted by atomic mass is 16.1. The lowest BCUT2D eigenvalue weighted by molar-refractivity contribution is -0.0122. The Hall–Kier alpha value is -1.75. The molecule has 3 saturated carbocycles. The van der Waals surface area contributed by atoms with Gasteiger partial charge in [0.25, 0.3) is 0 Å². The molecule has 5 aliphatic rings. The fourth-order valence-electron chi connectivity index (χ4n) is 10.6. The molecule has 2 heterocycles. The van der Waals surface area contributed by atoms with Gasteiger partial charge in [-0.2, -0.15) is 0 Å². The quantitative estimate of drug-likeness (QED) is 0.196. The molecule has 1 spiro atoms. The van der Waals surface area contributed by atoms with Crippen LogP contribution in [0.2, 0.25) is 0 Å². The summed E-state index contributed by atoms with van der Waals surface area (Å²) in [6, 6.07) is 8.36. The number of hydrogen-bond donors (Lipinski definition) is 5. The number of ketones is 1. The fourth-order valence-corrected chi connectivity index (χ4v) is 10.6. The molecule has 10 atom stereocenters. The van der Waals surface area contributed by atoms with Crippen molar-refractivity contribution in [2.45, 2.75) is 134 Å². The van der Waals surface area contributed by atoms with Gasteiger partial charge in [0.1, 0.15) is 6.29 Å². The molecule has 242 valence electrons. The van der Waals surface area contributed by atoms with Crippen LogP contribution in [0.4, 0.5) is 0 Å². The molecule has 1 aromatic rings. The Morgan fingerprint density at radius 3 is 2.55 bits per heavy atom. The molecule has 2 saturated heterocycles. The van der Waals surface area contributed by atoms with Crippen molar-refractivity contribution in [1.82, 2.24) is 16.0 Å². The lowest BCUT2D eigenvalue weighted by atomic mass is 9.61. The maximum atomic E-state index is 12.6. The van der Waals surface area contributed by atoms with Crippen LogP contribution in [0.3, 0.4) is 0 Å². The van der Waals surface area contributed by atoms with Gasteiger partial charge in [-0.05, 0) is 98.5 Å². The van der Waals surface area contributed by atoms with Crippen LogP contribution in [-0.2, 0) is 0 Å². The lowest BCUT2D eigenvalue weighted by Gasteiger charge is -2.55. The van der Waals surface area contributed by atoms with Crippen LogP contribution in [0.1, 0.15) is 132 Å². The molecule has 7 N–H and O–H groups in total. The van der Waals surface area contributed by atoms with Crippen molar-refractivity contribution in [2.75, 3.05) is 6.54 Å². The van der Waals surface area contributed by atoms with Crippen molar-refractivity contribution >= 4 is 5.78 Å². The number of nitrogens with one attached hydrogen (secondary N) is 3. The molecule has 0 amide bonds. The topological polar surface area (TPSA) is 105 Å². The second-order valence-electron chi connectivity index (χ2n) is 16.0. The normalized spacial score (nSPS) is 40.0. The van der Waals surface area contributed by atoms with E-state index in [1.807, 2.05) is 26.0 Å². The molecular weight excluding hydrogens is 542 g/mol. The summed E-state index contributed by atoms with van der Waals surface area (Å²) >= 11 is 0. The van der Waals surface area contributed by atoms with Crippen molar-refractivity contribution in [3.63, 3.8) is 0 Å². The molecule has 6 heteroatoms. The molecule has 44 heavy (non-hydrogen) atoms. The standard InChI is InChI=1S/C38H59N5O/c1-4-9-29(27-13-15-28(16-14-27)34(44)25(2)3)20-26-22-37-18-8-7-11-31(23-37)30-10-5-6-12-32(21-30)38(40)33(17-19-37)35(41-24-26)42-36(39)43-38/h1,13-16,25-26,29-33,35-36,41-43H,5-12,17-24,39-40H2,2-3H3. The highest BCUT2D eigenvalue weighted by Crippen LogP contribution is 2.54. The summed E-state index contributed by atoms with van der Waals surface area (Å²) in [7, 11) is 0. The third-order valence-corrected chi connectivity index (χ3v) is 12.8. The Bertz CT molecular complexity index is 1180. The zero-order valence-electron chi connectivity index (χ0n) is 27.5. The number of carbonyl (C=O) groups excluding carboxylic acids is 1. The Labute approximate surface area is 267 Å². The molecule has 6 nitrogen and oxygen atoms in total. The number of benzene rings is 1. The summed E-state index contributed by atoms with van der Waals surface area (Å²) in [4.78, 5) is 12.6. The number of Topliss-reactive ketones (excluding diaryl/α,β-unsaturated/α-hetero) is 1. The van der Waals surface area contributed by atoms with Crippen molar-refractivity contribution in [2.24, 2.45) is 52.4 Å². The van der Waals surface area contributed by atoms with Crippen LogP contribution in [0, 0.1) is 53.3 Å². The number of hydrogen-bond acceptors (Lipinski definition) is 6. The molecular formula is C38H59N5O. The van der Waals surface area contributed by atoms with E-state index >= 15 is 0 Å². The van der Waals surface area contributed by atoms with Gasteiger partial charge >= 0.3 is 0 Å². The zero-order valence-corrected chi connectivity index (χ0v) is 27.5. The maximum Gasteiger partial charge on any atom is 0.165 e. The molecule has 3 aliphatic carbocycles. The first-order valence-electron chi connectivity index (χ1n) is 18.1. The van der Waals surface area contributed by atoms with E-state index in [-0.39, 0.29) is 30.1 Å². The van der Waals surface area contributed by atoms with Crippen LogP contribution in [0.15, 0.2) is 24.3 Å². The Morgan fingerprint density at radius 1 is 1.02 bits per heavy atom. The van der Waals surface area contributed by atoms with Crippen molar-refractivity contribution in [1.29, 1.82) is 0 Å². The minimum atomic E-state index is -0.451. The van der Waals surface area contributed by atoms with E-state index in [0.29, 0.717) is 23.2 Å². The average molecular weight is 602 g/mol. The van der Waals surface area contributed by atoms with Crippen LogP contribution in [0.5, 0.6) is 0 Å². The molecule has 5 bridgehead atoms. The molecule has 0 radical (unpaired) electrons. The van der Waals surface area contributed by atoms with Gasteiger partial charge in [0.15, 0.2) is 5.78 Å². The van der Waals surface area contributed by atoms with Gasteiger partial charge in [0.05, 0.1) is 11.8 Å². The number of nitrogens with two attached hydrogens (primary N) is 2. The highest BCUT2D eigenvalue weighted by Gasteiger charge is 2.53. The van der Waals surface area contributed by atoms with Gasteiger partial charge in [-0.1, -0.05) is 76.6 Å². The minimum Gasteiger partial charge on any atom is -0.313 e. The third-order valence-electron chi connectivity index (χ3n) is 12.8. The average Bonchev–Trinajstić information content (AvgIpc) is 3.35. The van der Waals surface area contributed by atoms with E-state index in [4.69, 9.17) is 17.9 Å². The number of carbonyl (C=O) groups is 1. The largest absolute Gasteiger partial charge is 0.313 e. The van der Waals surface area contributed by atoms with Crippen LogP contribution >= 0.6 is 0 Å². The van der Waals surface area contributed by atoms with Crippen LogP contribution in [-0.4, -0.2) is 30.4 Å². The summed E-state index contributed by atoms with van der Waals surface area (Å²) in [5.41, 5.74) is 16.3. The molecule has 6 rings (SSSR count). The maximum absolute atomic E-state index is 12.6. The van der Waals surface area contributed by atoms with E-state index in [9.17, 15) is 4.79 Å². The van der Waals surface area contributed by atoms with E-state index in [1.54, 1.807) is 0 Å². The summed E-state index contributed by atoms with van der Waals surface area (Å²) in [6.45, 7) is 4.88. The Balaban J connectivity index is 1.34. The van der Waals surface area contributed by atoms with Crippen molar-refractivity contribution in [3.8, 4) is 12.3 Å². The molecule has 1 aromatic carbocycles. The second kappa shape index (κ2) is 13.5. The zero-order chi connectivity index (χ0) is 30.9. The molecule has 5 fully saturated rings. The first-order valence-corrected chi connectivity index (χ1v) is 18.1. The number of fused-ring (bicyclic) bond motifs is 6. The van der Waals surface area contributed by atoms with Crippen LogP contribution in [0.25, 0.3) is 0 Å². The number of rotatable bonds is 6. The molecule has 10 unspecified atom stereocenters. The SMILES string of the molecule is C#CCC(CC1CNC2NC(N)NC3(N)C4CCCCC(C4)C4CCCCC(CCC23)(C1)C4)c1ccc(C(=O)C(C)C)cc1. The summed E-state index contributed by atoms with van der Waals surface area (Å²) in [5, 5.41) is 11.5. The first-order chi connectivity index (χ1) is 21.2. The summed E-state index contributed by atoms with van der Waals surface area (Å²) in [5.74, 6) is 6.35. The lowest BCUT2D eigenvalue weighted by Crippen LogP contribution is -2.80. The molecule has 2 aliphatic heterocycles. The van der Waals surface area contributed by atoms with Gasteiger partial charge in [-0.25, -0.2) is 0 Å². The number of terminal acetylenes is 1. The Kier molecular flexibility index (Phi) is 9.91. The van der Waals surface area contributed by atoms with E-state index in [2.05, 4.69) is 34.0 Å². The summed E-state index contributed by atoms with van der Waals surface area (Å²) < 4.78 is 0. The predicted octanol–water partition coefficient (Wildman–Crippen LogP) is 6.22. The van der Waals surface area contributed by atoms with E-state index in [0.717, 1.165) is 43.2 Å². The van der Waals surface area contributed by atoms with Gasteiger partial charge in [-0.3, -0.25) is 15.4 Å².